The Morgan fingerprint density at radius 3 is 2.45 bits per heavy atom. The second-order valence-electron chi connectivity index (χ2n) is 5.68. The number of amides is 1. The number of methoxy groups -OCH3 is 2. The Kier molecular flexibility index (Phi) is 6.37. The molecule has 0 unspecified atom stereocenters. The lowest BCUT2D eigenvalue weighted by atomic mass is 9.89. The first-order valence-electron chi connectivity index (χ1n) is 7.78. The Hall–Kier alpha value is -1.42. The molecule has 4 nitrogen and oxygen atoms in total. The van der Waals surface area contributed by atoms with Gasteiger partial charge in [-0.25, -0.2) is 0 Å². The quantitative estimate of drug-likeness (QED) is 0.746. The highest BCUT2D eigenvalue weighted by atomic mass is 35.5. The van der Waals surface area contributed by atoms with E-state index in [1.54, 1.807) is 19.1 Å². The van der Waals surface area contributed by atoms with Crippen LogP contribution in [0.25, 0.3) is 0 Å². The average Bonchev–Trinajstić information content (AvgIpc) is 2.59. The van der Waals surface area contributed by atoms with Crippen LogP contribution in [-0.4, -0.2) is 32.6 Å². The van der Waals surface area contributed by atoms with Crippen LogP contribution in [0.2, 0.25) is 0 Å². The van der Waals surface area contributed by atoms with Crippen LogP contribution in [-0.2, 0) is 4.79 Å². The molecule has 1 aliphatic rings. The van der Waals surface area contributed by atoms with Crippen LogP contribution in [0.4, 0.5) is 5.69 Å². The zero-order valence-corrected chi connectivity index (χ0v) is 14.1. The van der Waals surface area contributed by atoms with Crippen LogP contribution in [0, 0.1) is 5.92 Å². The number of rotatable bonds is 6. The molecule has 2 rings (SSSR count). The number of ether oxygens (including phenoxy) is 2. The standard InChI is InChI=1S/C17H24ClNO3/c1-21-15-9-8-14(10-16(15)22-2)19(17(20)11-18)12-13-6-4-3-5-7-13/h8-10,13H,3-7,11-12H2,1-2H3. The number of carbonyl (C=O) groups is 1. The predicted octanol–water partition coefficient (Wildman–Crippen LogP) is 3.86. The Labute approximate surface area is 137 Å². The number of anilines is 1. The molecule has 0 aliphatic heterocycles. The SMILES string of the molecule is COc1ccc(N(CC2CCCCC2)C(=O)CCl)cc1OC. The van der Waals surface area contributed by atoms with Gasteiger partial charge in [-0.15, -0.1) is 11.6 Å². The summed E-state index contributed by atoms with van der Waals surface area (Å²) in [4.78, 5) is 14.0. The lowest BCUT2D eigenvalue weighted by Gasteiger charge is -2.30. The van der Waals surface area contributed by atoms with Crippen molar-refractivity contribution in [1.82, 2.24) is 0 Å². The lowest BCUT2D eigenvalue weighted by molar-refractivity contribution is -0.116. The monoisotopic (exact) mass is 325 g/mol. The van der Waals surface area contributed by atoms with Crippen LogP contribution in [0.15, 0.2) is 18.2 Å². The Morgan fingerprint density at radius 1 is 1.18 bits per heavy atom. The highest BCUT2D eigenvalue weighted by molar-refractivity contribution is 6.29. The number of nitrogens with zero attached hydrogens (tertiary/aromatic N) is 1. The molecule has 0 spiro atoms. The van der Waals surface area contributed by atoms with E-state index >= 15 is 0 Å². The van der Waals surface area contributed by atoms with Crippen molar-refractivity contribution in [3.63, 3.8) is 0 Å². The predicted molar refractivity (Wildman–Crippen MR) is 89.2 cm³/mol. The van der Waals surface area contributed by atoms with E-state index in [-0.39, 0.29) is 11.8 Å². The largest absolute Gasteiger partial charge is 0.493 e. The molecule has 0 atom stereocenters. The molecule has 1 amide bonds. The molecule has 122 valence electrons. The van der Waals surface area contributed by atoms with Crippen LogP contribution >= 0.6 is 11.6 Å². The summed E-state index contributed by atoms with van der Waals surface area (Å²) in [5, 5.41) is 0. The van der Waals surface area contributed by atoms with Crippen molar-refractivity contribution < 1.29 is 14.3 Å². The van der Waals surface area contributed by atoms with E-state index in [1.165, 1.54) is 32.1 Å². The first-order valence-corrected chi connectivity index (χ1v) is 8.31. The minimum Gasteiger partial charge on any atom is -0.493 e. The van der Waals surface area contributed by atoms with E-state index in [0.29, 0.717) is 17.4 Å². The van der Waals surface area contributed by atoms with Gasteiger partial charge in [-0.3, -0.25) is 4.79 Å². The smallest absolute Gasteiger partial charge is 0.241 e. The number of hydrogen-bond donors (Lipinski definition) is 0. The zero-order valence-electron chi connectivity index (χ0n) is 13.3. The van der Waals surface area contributed by atoms with Crippen molar-refractivity contribution in [2.24, 2.45) is 5.92 Å². The van der Waals surface area contributed by atoms with Gasteiger partial charge in [-0.2, -0.15) is 0 Å². The van der Waals surface area contributed by atoms with Crippen LogP contribution in [0.1, 0.15) is 32.1 Å². The van der Waals surface area contributed by atoms with Gasteiger partial charge >= 0.3 is 0 Å². The van der Waals surface area contributed by atoms with Crippen molar-refractivity contribution in [1.29, 1.82) is 0 Å². The summed E-state index contributed by atoms with van der Waals surface area (Å²) >= 11 is 5.80. The zero-order chi connectivity index (χ0) is 15.9. The molecule has 0 radical (unpaired) electrons. The van der Waals surface area contributed by atoms with Crippen molar-refractivity contribution in [2.45, 2.75) is 32.1 Å². The summed E-state index contributed by atoms with van der Waals surface area (Å²) in [6.07, 6.45) is 6.16. The maximum absolute atomic E-state index is 12.3. The van der Waals surface area contributed by atoms with Gasteiger partial charge in [-0.1, -0.05) is 19.3 Å². The first-order chi connectivity index (χ1) is 10.7. The second-order valence-corrected chi connectivity index (χ2v) is 5.95. The van der Waals surface area contributed by atoms with E-state index in [2.05, 4.69) is 0 Å². The highest BCUT2D eigenvalue weighted by Gasteiger charge is 2.22. The van der Waals surface area contributed by atoms with E-state index in [0.717, 1.165) is 12.2 Å². The summed E-state index contributed by atoms with van der Waals surface area (Å²) in [6, 6.07) is 5.55. The first kappa shape index (κ1) is 16.9. The van der Waals surface area contributed by atoms with Crippen LogP contribution in [0.5, 0.6) is 11.5 Å². The highest BCUT2D eigenvalue weighted by Crippen LogP contribution is 2.33. The van der Waals surface area contributed by atoms with Crippen molar-refractivity contribution in [3.8, 4) is 11.5 Å². The molecule has 0 N–H and O–H groups in total. The number of hydrogen-bond acceptors (Lipinski definition) is 3. The summed E-state index contributed by atoms with van der Waals surface area (Å²) < 4.78 is 10.6. The lowest BCUT2D eigenvalue weighted by Crippen LogP contribution is -2.37. The van der Waals surface area contributed by atoms with E-state index in [1.807, 2.05) is 18.2 Å². The molecule has 1 saturated carbocycles. The summed E-state index contributed by atoms with van der Waals surface area (Å²) in [6.45, 7) is 0.723. The molecule has 0 heterocycles. The number of alkyl halides is 1. The van der Waals surface area contributed by atoms with Crippen molar-refractivity contribution in [3.05, 3.63) is 18.2 Å². The van der Waals surface area contributed by atoms with Gasteiger partial charge in [0.2, 0.25) is 5.91 Å². The van der Waals surface area contributed by atoms with Gasteiger partial charge < -0.3 is 14.4 Å². The van der Waals surface area contributed by atoms with Gasteiger partial charge in [0.05, 0.1) is 14.2 Å². The molecule has 1 aromatic rings. The Bertz CT molecular complexity index is 501. The van der Waals surface area contributed by atoms with E-state index in [9.17, 15) is 4.79 Å². The number of halogens is 1. The molecule has 22 heavy (non-hydrogen) atoms. The van der Waals surface area contributed by atoms with Gasteiger partial charge in [0.1, 0.15) is 5.88 Å². The topological polar surface area (TPSA) is 38.8 Å². The molecular formula is C17H24ClNO3. The minimum atomic E-state index is -0.0699. The van der Waals surface area contributed by atoms with Crippen molar-refractivity contribution in [2.75, 3.05) is 31.5 Å². The Balaban J connectivity index is 2.22. The molecule has 0 bridgehead atoms. The fourth-order valence-corrected chi connectivity index (χ4v) is 3.19. The Morgan fingerprint density at radius 2 is 1.86 bits per heavy atom. The average molecular weight is 326 g/mol. The van der Waals surface area contributed by atoms with E-state index in [4.69, 9.17) is 21.1 Å². The summed E-state index contributed by atoms with van der Waals surface area (Å²) in [7, 11) is 3.19. The summed E-state index contributed by atoms with van der Waals surface area (Å²) in [5.74, 6) is 1.74. The maximum atomic E-state index is 12.3. The fourth-order valence-electron chi connectivity index (χ4n) is 3.04. The van der Waals surface area contributed by atoms with Gasteiger partial charge in [0.15, 0.2) is 11.5 Å². The summed E-state index contributed by atoms with van der Waals surface area (Å²) in [5.41, 5.74) is 0.814. The third-order valence-electron chi connectivity index (χ3n) is 4.26. The number of carbonyl (C=O) groups excluding carboxylic acids is 1. The molecule has 1 aliphatic carbocycles. The van der Waals surface area contributed by atoms with Gasteiger partial charge in [-0.05, 0) is 30.9 Å². The number of benzene rings is 1. The van der Waals surface area contributed by atoms with Gasteiger partial charge in [0.25, 0.3) is 0 Å². The molecule has 1 aromatic carbocycles. The molecule has 1 fully saturated rings. The molecular weight excluding hydrogens is 302 g/mol. The third kappa shape index (κ3) is 4.07. The van der Waals surface area contributed by atoms with Crippen LogP contribution in [0.3, 0.4) is 0 Å². The third-order valence-corrected chi connectivity index (χ3v) is 4.49. The minimum absolute atomic E-state index is 0.0128. The molecule has 0 saturated heterocycles. The maximum Gasteiger partial charge on any atom is 0.241 e. The van der Waals surface area contributed by atoms with Gasteiger partial charge in [0, 0.05) is 18.3 Å². The molecule has 5 heteroatoms. The second kappa shape index (κ2) is 8.28. The van der Waals surface area contributed by atoms with Crippen molar-refractivity contribution >= 4 is 23.2 Å². The van der Waals surface area contributed by atoms with E-state index < -0.39 is 0 Å². The molecule has 0 aromatic heterocycles. The normalized spacial score (nSPS) is 15.4. The fraction of sp³-hybridized carbons (Fsp3) is 0.588. The van der Waals surface area contributed by atoms with Crippen LogP contribution < -0.4 is 14.4 Å².